The van der Waals surface area contributed by atoms with Crippen molar-refractivity contribution in [3.63, 3.8) is 0 Å². The molecular weight excluding hydrogens is 378 g/mol. The summed E-state index contributed by atoms with van der Waals surface area (Å²) >= 11 is 0. The summed E-state index contributed by atoms with van der Waals surface area (Å²) in [6.45, 7) is 2.59. The summed E-state index contributed by atoms with van der Waals surface area (Å²) in [5, 5.41) is 3.73. The number of hydrogen-bond acceptors (Lipinski definition) is 5. The van der Waals surface area contributed by atoms with Crippen LogP contribution in [-0.2, 0) is 22.8 Å². The SMILES string of the molecule is CC1=NOC(=O)C1=Cc1ccc(OCc2ccccc2)cc1OCc1ccccc1. The average Bonchev–Trinajstić information content (AvgIpc) is 3.11. The first-order valence-electron chi connectivity index (χ1n) is 9.64. The van der Waals surface area contributed by atoms with Crippen molar-refractivity contribution < 1.29 is 19.1 Å². The van der Waals surface area contributed by atoms with Crippen LogP contribution in [-0.4, -0.2) is 11.7 Å². The van der Waals surface area contributed by atoms with Crippen LogP contribution < -0.4 is 9.47 Å². The van der Waals surface area contributed by atoms with Crippen molar-refractivity contribution in [1.29, 1.82) is 0 Å². The highest BCUT2D eigenvalue weighted by molar-refractivity contribution is 6.24. The lowest BCUT2D eigenvalue weighted by Gasteiger charge is -2.13. The van der Waals surface area contributed by atoms with Gasteiger partial charge in [-0.3, -0.25) is 0 Å². The molecule has 3 aromatic rings. The van der Waals surface area contributed by atoms with Gasteiger partial charge >= 0.3 is 5.97 Å². The topological polar surface area (TPSA) is 57.1 Å². The van der Waals surface area contributed by atoms with Crippen LogP contribution in [0.4, 0.5) is 0 Å². The molecule has 30 heavy (non-hydrogen) atoms. The molecule has 3 aromatic carbocycles. The second-order valence-corrected chi connectivity index (χ2v) is 6.86. The van der Waals surface area contributed by atoms with Crippen molar-refractivity contribution in [2.24, 2.45) is 5.16 Å². The van der Waals surface area contributed by atoms with Gasteiger partial charge in [0, 0.05) is 11.6 Å². The predicted molar refractivity (Wildman–Crippen MR) is 115 cm³/mol. The van der Waals surface area contributed by atoms with Gasteiger partial charge in [0.2, 0.25) is 0 Å². The fourth-order valence-electron chi connectivity index (χ4n) is 3.00. The van der Waals surface area contributed by atoms with E-state index in [4.69, 9.17) is 14.3 Å². The van der Waals surface area contributed by atoms with Crippen molar-refractivity contribution in [3.05, 3.63) is 101 Å². The van der Waals surface area contributed by atoms with Gasteiger partial charge in [-0.1, -0.05) is 65.8 Å². The lowest BCUT2D eigenvalue weighted by Crippen LogP contribution is -2.03. The Labute approximate surface area is 175 Å². The number of hydrogen-bond donors (Lipinski definition) is 0. The molecule has 0 aliphatic carbocycles. The molecule has 0 fully saturated rings. The van der Waals surface area contributed by atoms with Gasteiger partial charge in [-0.2, -0.15) is 0 Å². The molecule has 1 aliphatic rings. The molecule has 0 saturated carbocycles. The van der Waals surface area contributed by atoms with E-state index < -0.39 is 5.97 Å². The van der Waals surface area contributed by atoms with E-state index in [2.05, 4.69) is 5.16 Å². The Morgan fingerprint density at radius 3 is 2.10 bits per heavy atom. The zero-order valence-corrected chi connectivity index (χ0v) is 16.6. The van der Waals surface area contributed by atoms with E-state index in [1.54, 1.807) is 13.0 Å². The lowest BCUT2D eigenvalue weighted by molar-refractivity contribution is -0.136. The Balaban J connectivity index is 1.58. The van der Waals surface area contributed by atoms with Crippen molar-refractivity contribution in [2.75, 3.05) is 0 Å². The number of nitrogens with zero attached hydrogens (tertiary/aromatic N) is 1. The summed E-state index contributed by atoms with van der Waals surface area (Å²) < 4.78 is 12.0. The third-order valence-electron chi connectivity index (χ3n) is 4.65. The van der Waals surface area contributed by atoms with Gasteiger partial charge in [0.05, 0.1) is 11.3 Å². The standard InChI is InChI=1S/C25H21NO4/c1-18-23(25(27)30-26-18)14-21-12-13-22(28-16-19-8-4-2-5-9-19)15-24(21)29-17-20-10-6-3-7-11-20/h2-15H,16-17H2,1H3. The van der Waals surface area contributed by atoms with Crippen LogP contribution in [0.5, 0.6) is 11.5 Å². The summed E-state index contributed by atoms with van der Waals surface area (Å²) in [4.78, 5) is 16.7. The first-order chi connectivity index (χ1) is 14.7. The molecule has 4 rings (SSSR count). The third-order valence-corrected chi connectivity index (χ3v) is 4.65. The molecule has 1 heterocycles. The van der Waals surface area contributed by atoms with E-state index >= 15 is 0 Å². The highest BCUT2D eigenvalue weighted by atomic mass is 16.7. The van der Waals surface area contributed by atoms with Gasteiger partial charge in [0.1, 0.15) is 24.7 Å². The van der Waals surface area contributed by atoms with Crippen LogP contribution in [0, 0.1) is 0 Å². The van der Waals surface area contributed by atoms with Crippen molar-refractivity contribution in [2.45, 2.75) is 20.1 Å². The van der Waals surface area contributed by atoms with Crippen LogP contribution in [0.3, 0.4) is 0 Å². The molecule has 5 nitrogen and oxygen atoms in total. The number of ether oxygens (including phenoxy) is 2. The van der Waals surface area contributed by atoms with Crippen LogP contribution in [0.15, 0.2) is 89.6 Å². The number of benzene rings is 3. The summed E-state index contributed by atoms with van der Waals surface area (Å²) in [6.07, 6.45) is 1.73. The molecule has 1 aliphatic heterocycles. The molecule has 150 valence electrons. The summed E-state index contributed by atoms with van der Waals surface area (Å²) in [7, 11) is 0. The first kappa shape index (κ1) is 19.5. The van der Waals surface area contributed by atoms with Gasteiger partial charge in [0.15, 0.2) is 0 Å². The third kappa shape index (κ3) is 4.75. The summed E-state index contributed by atoms with van der Waals surface area (Å²) in [6, 6.07) is 25.4. The molecule has 5 heteroatoms. The van der Waals surface area contributed by atoms with Gasteiger partial charge < -0.3 is 14.3 Å². The van der Waals surface area contributed by atoms with Crippen LogP contribution >= 0.6 is 0 Å². The summed E-state index contributed by atoms with van der Waals surface area (Å²) in [5.74, 6) is 0.832. The van der Waals surface area contributed by atoms with E-state index in [0.29, 0.717) is 36.0 Å². The van der Waals surface area contributed by atoms with Gasteiger partial charge in [0.25, 0.3) is 0 Å². The van der Waals surface area contributed by atoms with Crippen molar-refractivity contribution in [1.82, 2.24) is 0 Å². The Morgan fingerprint density at radius 1 is 0.867 bits per heavy atom. The minimum absolute atomic E-state index is 0.399. The molecule has 0 radical (unpaired) electrons. The first-order valence-corrected chi connectivity index (χ1v) is 9.64. The van der Waals surface area contributed by atoms with Crippen LogP contribution in [0.2, 0.25) is 0 Å². The Morgan fingerprint density at radius 2 is 1.50 bits per heavy atom. The Bertz CT molecular complexity index is 1090. The number of rotatable bonds is 7. The van der Waals surface area contributed by atoms with E-state index in [-0.39, 0.29) is 0 Å². The molecule has 0 bridgehead atoms. The van der Waals surface area contributed by atoms with Crippen molar-refractivity contribution >= 4 is 17.8 Å². The number of carbonyl (C=O) groups is 1. The highest BCUT2D eigenvalue weighted by Gasteiger charge is 2.22. The maximum absolute atomic E-state index is 11.9. The smallest absolute Gasteiger partial charge is 0.367 e. The molecule has 0 spiro atoms. The molecule has 0 N–H and O–H groups in total. The lowest BCUT2D eigenvalue weighted by atomic mass is 10.1. The maximum Gasteiger partial charge on any atom is 0.367 e. The number of oxime groups is 1. The molecular formula is C25H21NO4. The van der Waals surface area contributed by atoms with Crippen LogP contribution in [0.25, 0.3) is 6.08 Å². The minimum Gasteiger partial charge on any atom is -0.489 e. The van der Waals surface area contributed by atoms with Gasteiger partial charge in [-0.05, 0) is 36.3 Å². The molecule has 0 unspecified atom stereocenters. The maximum atomic E-state index is 11.9. The van der Waals surface area contributed by atoms with Crippen molar-refractivity contribution in [3.8, 4) is 11.5 Å². The largest absolute Gasteiger partial charge is 0.489 e. The van der Waals surface area contributed by atoms with E-state index in [1.165, 1.54) is 0 Å². The Kier molecular flexibility index (Phi) is 5.90. The second kappa shape index (κ2) is 9.09. The molecule has 0 aromatic heterocycles. The van der Waals surface area contributed by atoms with E-state index in [0.717, 1.165) is 16.7 Å². The zero-order valence-electron chi connectivity index (χ0n) is 16.6. The molecule has 0 atom stereocenters. The van der Waals surface area contributed by atoms with Crippen LogP contribution in [0.1, 0.15) is 23.6 Å². The fourth-order valence-corrected chi connectivity index (χ4v) is 3.00. The average molecular weight is 399 g/mol. The fraction of sp³-hybridized carbons (Fsp3) is 0.120. The van der Waals surface area contributed by atoms with Gasteiger partial charge in [-0.15, -0.1) is 0 Å². The Hall–Kier alpha value is -3.86. The highest BCUT2D eigenvalue weighted by Crippen LogP contribution is 2.29. The monoisotopic (exact) mass is 399 g/mol. The predicted octanol–water partition coefficient (Wildman–Crippen LogP) is 5.16. The summed E-state index contributed by atoms with van der Waals surface area (Å²) in [5.41, 5.74) is 3.83. The van der Waals surface area contributed by atoms with E-state index in [1.807, 2.05) is 78.9 Å². The second-order valence-electron chi connectivity index (χ2n) is 6.86. The number of carbonyl (C=O) groups excluding carboxylic acids is 1. The molecule has 0 saturated heterocycles. The quantitative estimate of drug-likeness (QED) is 0.407. The van der Waals surface area contributed by atoms with Gasteiger partial charge in [-0.25, -0.2) is 4.79 Å². The normalized spacial score (nSPS) is 14.4. The molecule has 0 amide bonds. The van der Waals surface area contributed by atoms with E-state index in [9.17, 15) is 4.79 Å². The zero-order chi connectivity index (χ0) is 20.8. The minimum atomic E-state index is -0.467.